The van der Waals surface area contributed by atoms with Crippen molar-refractivity contribution in [2.24, 2.45) is 0 Å². The van der Waals surface area contributed by atoms with E-state index >= 15 is 0 Å². The molecule has 8 heteroatoms. The molecule has 0 aromatic heterocycles. The van der Waals surface area contributed by atoms with Gasteiger partial charge in [0, 0.05) is 26.3 Å². The summed E-state index contributed by atoms with van der Waals surface area (Å²) in [5.74, 6) is 0.0203. The van der Waals surface area contributed by atoms with Gasteiger partial charge in [-0.25, -0.2) is 4.79 Å². The Labute approximate surface area is 163 Å². The minimum atomic E-state index is -0.423. The Kier molecular flexibility index (Phi) is 7.83. The number of ether oxygens (including phenoxy) is 1. The molecular weight excluding hydrogens is 360 g/mol. The normalized spacial score (nSPS) is 9.93. The fourth-order valence-corrected chi connectivity index (χ4v) is 2.12. The topological polar surface area (TPSA) is 99.8 Å². The molecule has 8 nitrogen and oxygen atoms in total. The van der Waals surface area contributed by atoms with Gasteiger partial charge in [0.2, 0.25) is 5.91 Å². The predicted octanol–water partition coefficient (Wildman–Crippen LogP) is 1.59. The molecule has 0 saturated carbocycles. The second-order valence-corrected chi connectivity index (χ2v) is 6.17. The number of hydrogen-bond acceptors (Lipinski definition) is 4. The zero-order valence-electron chi connectivity index (χ0n) is 15.9. The Morgan fingerprint density at radius 2 is 1.61 bits per heavy atom. The quantitative estimate of drug-likeness (QED) is 0.644. The van der Waals surface area contributed by atoms with Gasteiger partial charge in [-0.2, -0.15) is 0 Å². The van der Waals surface area contributed by atoms with Crippen molar-refractivity contribution in [1.82, 2.24) is 15.5 Å². The first-order chi connectivity index (χ1) is 13.4. The molecule has 0 unspecified atom stereocenters. The highest BCUT2D eigenvalue weighted by molar-refractivity contribution is 5.94. The molecule has 0 fully saturated rings. The third-order valence-corrected chi connectivity index (χ3v) is 3.70. The number of rotatable bonds is 8. The van der Waals surface area contributed by atoms with Crippen molar-refractivity contribution >= 4 is 23.5 Å². The van der Waals surface area contributed by atoms with Crippen LogP contribution in [-0.2, 0) is 16.1 Å². The van der Waals surface area contributed by atoms with Gasteiger partial charge in [0.05, 0.1) is 6.54 Å². The van der Waals surface area contributed by atoms with E-state index in [9.17, 15) is 14.4 Å². The van der Waals surface area contributed by atoms with E-state index in [1.807, 2.05) is 30.3 Å². The van der Waals surface area contributed by atoms with E-state index in [4.69, 9.17) is 4.74 Å². The van der Waals surface area contributed by atoms with Gasteiger partial charge < -0.3 is 25.6 Å². The van der Waals surface area contributed by atoms with Gasteiger partial charge in [-0.15, -0.1) is 0 Å². The highest BCUT2D eigenvalue weighted by Crippen LogP contribution is 2.15. The minimum absolute atomic E-state index is 0.0548. The largest absolute Gasteiger partial charge is 0.484 e. The standard InChI is InChI=1S/C20H24N4O4/c1-24(2)19(26)14-28-17-10-8-16(9-11-17)23-18(25)13-22-20(27)21-12-15-6-4-3-5-7-15/h3-11H,12-14H2,1-2H3,(H,23,25)(H2,21,22,27). The third kappa shape index (κ3) is 7.36. The highest BCUT2D eigenvalue weighted by atomic mass is 16.5. The zero-order valence-corrected chi connectivity index (χ0v) is 15.9. The molecule has 2 rings (SSSR count). The second-order valence-electron chi connectivity index (χ2n) is 6.17. The summed E-state index contributed by atoms with van der Waals surface area (Å²) >= 11 is 0. The van der Waals surface area contributed by atoms with Gasteiger partial charge >= 0.3 is 6.03 Å². The summed E-state index contributed by atoms with van der Waals surface area (Å²) in [6, 6.07) is 15.7. The van der Waals surface area contributed by atoms with Crippen LogP contribution in [0.25, 0.3) is 0 Å². The maximum absolute atomic E-state index is 11.9. The first-order valence-corrected chi connectivity index (χ1v) is 8.72. The summed E-state index contributed by atoms with van der Waals surface area (Å²) in [5, 5.41) is 7.85. The number of hydrogen-bond donors (Lipinski definition) is 3. The Balaban J connectivity index is 1.69. The van der Waals surface area contributed by atoms with Crippen molar-refractivity contribution in [3.8, 4) is 5.75 Å². The SMILES string of the molecule is CN(C)C(=O)COc1ccc(NC(=O)CNC(=O)NCc2ccccc2)cc1. The predicted molar refractivity (Wildman–Crippen MR) is 106 cm³/mol. The van der Waals surface area contributed by atoms with E-state index < -0.39 is 6.03 Å². The van der Waals surface area contributed by atoms with Gasteiger partial charge in [0.25, 0.3) is 5.91 Å². The van der Waals surface area contributed by atoms with E-state index in [-0.39, 0.29) is 25.0 Å². The summed E-state index contributed by atoms with van der Waals surface area (Å²) in [6.07, 6.45) is 0. The molecule has 28 heavy (non-hydrogen) atoms. The summed E-state index contributed by atoms with van der Waals surface area (Å²) in [4.78, 5) is 36.6. The summed E-state index contributed by atoms with van der Waals surface area (Å²) in [5.41, 5.74) is 1.53. The van der Waals surface area contributed by atoms with Crippen LogP contribution in [0.2, 0.25) is 0 Å². The zero-order chi connectivity index (χ0) is 20.4. The van der Waals surface area contributed by atoms with Crippen LogP contribution in [0.4, 0.5) is 10.5 Å². The Hall–Kier alpha value is -3.55. The van der Waals surface area contributed by atoms with Gasteiger partial charge in [0.15, 0.2) is 6.61 Å². The number of anilines is 1. The number of likely N-dealkylation sites (N-methyl/N-ethyl adjacent to an activating group) is 1. The molecule has 0 radical (unpaired) electrons. The number of carbonyl (C=O) groups is 3. The molecule has 0 spiro atoms. The Morgan fingerprint density at radius 1 is 0.929 bits per heavy atom. The molecule has 0 heterocycles. The van der Waals surface area contributed by atoms with Crippen LogP contribution >= 0.6 is 0 Å². The second kappa shape index (κ2) is 10.6. The lowest BCUT2D eigenvalue weighted by atomic mass is 10.2. The lowest BCUT2D eigenvalue weighted by Crippen LogP contribution is -2.39. The number of nitrogens with one attached hydrogen (secondary N) is 3. The van der Waals surface area contributed by atoms with Crippen molar-refractivity contribution in [2.75, 3.05) is 32.6 Å². The molecule has 0 aliphatic heterocycles. The van der Waals surface area contributed by atoms with Crippen LogP contribution < -0.4 is 20.7 Å². The van der Waals surface area contributed by atoms with Crippen LogP contribution in [0, 0.1) is 0 Å². The molecule has 0 aliphatic rings. The molecule has 2 aromatic carbocycles. The average Bonchev–Trinajstić information content (AvgIpc) is 2.70. The van der Waals surface area contributed by atoms with E-state index in [1.54, 1.807) is 38.4 Å². The average molecular weight is 384 g/mol. The van der Waals surface area contributed by atoms with Crippen LogP contribution in [0.15, 0.2) is 54.6 Å². The van der Waals surface area contributed by atoms with Crippen LogP contribution in [0.5, 0.6) is 5.75 Å². The van der Waals surface area contributed by atoms with Crippen molar-refractivity contribution < 1.29 is 19.1 Å². The Morgan fingerprint density at radius 3 is 2.25 bits per heavy atom. The molecule has 0 aliphatic carbocycles. The smallest absolute Gasteiger partial charge is 0.315 e. The van der Waals surface area contributed by atoms with Crippen LogP contribution in [0.1, 0.15) is 5.56 Å². The number of benzene rings is 2. The van der Waals surface area contributed by atoms with Gasteiger partial charge in [-0.3, -0.25) is 9.59 Å². The molecule has 0 saturated heterocycles. The van der Waals surface area contributed by atoms with Crippen molar-refractivity contribution in [2.45, 2.75) is 6.54 Å². The van der Waals surface area contributed by atoms with Crippen LogP contribution in [0.3, 0.4) is 0 Å². The van der Waals surface area contributed by atoms with Crippen molar-refractivity contribution in [3.63, 3.8) is 0 Å². The molecule has 4 amide bonds. The Bertz CT molecular complexity index is 792. The van der Waals surface area contributed by atoms with E-state index in [2.05, 4.69) is 16.0 Å². The summed E-state index contributed by atoms with van der Waals surface area (Å²) in [7, 11) is 3.31. The monoisotopic (exact) mass is 384 g/mol. The van der Waals surface area contributed by atoms with Gasteiger partial charge in [-0.1, -0.05) is 30.3 Å². The van der Waals surface area contributed by atoms with E-state index in [0.29, 0.717) is 18.0 Å². The molecular formula is C20H24N4O4. The highest BCUT2D eigenvalue weighted by Gasteiger charge is 2.07. The van der Waals surface area contributed by atoms with E-state index in [0.717, 1.165) is 5.56 Å². The van der Waals surface area contributed by atoms with Crippen molar-refractivity contribution in [3.05, 3.63) is 60.2 Å². The van der Waals surface area contributed by atoms with Crippen LogP contribution in [-0.4, -0.2) is 50.0 Å². The van der Waals surface area contributed by atoms with Gasteiger partial charge in [0.1, 0.15) is 5.75 Å². The third-order valence-electron chi connectivity index (χ3n) is 3.70. The molecule has 2 aromatic rings. The summed E-state index contributed by atoms with van der Waals surface area (Å²) < 4.78 is 5.36. The molecule has 0 atom stereocenters. The fourth-order valence-electron chi connectivity index (χ4n) is 2.12. The maximum atomic E-state index is 11.9. The van der Waals surface area contributed by atoms with E-state index in [1.165, 1.54) is 4.90 Å². The fraction of sp³-hybridized carbons (Fsp3) is 0.250. The first-order valence-electron chi connectivity index (χ1n) is 8.72. The summed E-state index contributed by atoms with van der Waals surface area (Å²) in [6.45, 7) is 0.170. The first kappa shape index (κ1) is 20.8. The number of carbonyl (C=O) groups excluding carboxylic acids is 3. The number of nitrogens with zero attached hydrogens (tertiary/aromatic N) is 1. The van der Waals surface area contributed by atoms with Gasteiger partial charge in [-0.05, 0) is 29.8 Å². The number of amides is 4. The lowest BCUT2D eigenvalue weighted by Gasteiger charge is -2.12. The number of urea groups is 1. The molecule has 3 N–H and O–H groups in total. The molecule has 0 bridgehead atoms. The lowest BCUT2D eigenvalue weighted by molar-refractivity contribution is -0.130. The maximum Gasteiger partial charge on any atom is 0.315 e. The minimum Gasteiger partial charge on any atom is -0.484 e. The molecule has 148 valence electrons. The van der Waals surface area contributed by atoms with Crippen molar-refractivity contribution in [1.29, 1.82) is 0 Å².